The predicted octanol–water partition coefficient (Wildman–Crippen LogP) is 0.541. The summed E-state index contributed by atoms with van der Waals surface area (Å²) < 4.78 is 0. The maximum atomic E-state index is 4.31. The van der Waals surface area contributed by atoms with Gasteiger partial charge in [-0.2, -0.15) is 0 Å². The van der Waals surface area contributed by atoms with Crippen LogP contribution in [0.4, 0.5) is 0 Å². The molecule has 0 aliphatic carbocycles. The first-order chi connectivity index (χ1) is 8.33. The first-order valence-electron chi connectivity index (χ1n) is 6.39. The van der Waals surface area contributed by atoms with E-state index < -0.39 is 0 Å². The van der Waals surface area contributed by atoms with E-state index in [1.807, 2.05) is 5.51 Å². The van der Waals surface area contributed by atoms with Crippen LogP contribution >= 0.6 is 11.3 Å². The van der Waals surface area contributed by atoms with Crippen molar-refractivity contribution in [2.45, 2.75) is 19.5 Å². The summed E-state index contributed by atoms with van der Waals surface area (Å²) in [5, 5.41) is 3.41. The molecule has 0 atom stereocenters. The SMILES string of the molecule is Cc1ncsc1CN1CC(N2CCNCC2)C1. The molecule has 2 fully saturated rings. The van der Waals surface area contributed by atoms with E-state index in [0.717, 1.165) is 25.7 Å². The zero-order valence-electron chi connectivity index (χ0n) is 10.4. The van der Waals surface area contributed by atoms with Crippen LogP contribution in [0.3, 0.4) is 0 Å². The Morgan fingerprint density at radius 3 is 2.82 bits per heavy atom. The summed E-state index contributed by atoms with van der Waals surface area (Å²) in [6.45, 7) is 10.4. The summed E-state index contributed by atoms with van der Waals surface area (Å²) in [5.74, 6) is 0. The number of rotatable bonds is 3. The fraction of sp³-hybridized carbons (Fsp3) is 0.750. The fourth-order valence-electron chi connectivity index (χ4n) is 2.63. The summed E-state index contributed by atoms with van der Waals surface area (Å²) in [6, 6.07) is 0.797. The van der Waals surface area contributed by atoms with E-state index in [2.05, 4.69) is 27.0 Å². The fourth-order valence-corrected chi connectivity index (χ4v) is 3.45. The molecule has 17 heavy (non-hydrogen) atoms. The summed E-state index contributed by atoms with van der Waals surface area (Å²) in [6.07, 6.45) is 0. The van der Waals surface area contributed by atoms with Crippen molar-refractivity contribution in [3.05, 3.63) is 16.1 Å². The zero-order chi connectivity index (χ0) is 11.7. The second-order valence-corrected chi connectivity index (χ2v) is 5.93. The Bertz CT molecular complexity index is 366. The Morgan fingerprint density at radius 1 is 1.41 bits per heavy atom. The van der Waals surface area contributed by atoms with E-state index in [1.54, 1.807) is 11.3 Å². The van der Waals surface area contributed by atoms with Gasteiger partial charge >= 0.3 is 0 Å². The highest BCUT2D eigenvalue weighted by molar-refractivity contribution is 7.09. The highest BCUT2D eigenvalue weighted by Crippen LogP contribution is 2.21. The van der Waals surface area contributed by atoms with Crippen molar-refractivity contribution in [2.75, 3.05) is 39.3 Å². The second-order valence-electron chi connectivity index (χ2n) is 4.99. The van der Waals surface area contributed by atoms with E-state index in [-0.39, 0.29) is 0 Å². The summed E-state index contributed by atoms with van der Waals surface area (Å²) >= 11 is 1.79. The van der Waals surface area contributed by atoms with Crippen molar-refractivity contribution in [2.24, 2.45) is 0 Å². The number of thiazole rings is 1. The second kappa shape index (κ2) is 5.02. The number of nitrogens with zero attached hydrogens (tertiary/aromatic N) is 3. The van der Waals surface area contributed by atoms with Crippen LogP contribution in [0.15, 0.2) is 5.51 Å². The van der Waals surface area contributed by atoms with Gasteiger partial charge in [0.25, 0.3) is 0 Å². The molecule has 0 unspecified atom stereocenters. The number of aromatic nitrogens is 1. The van der Waals surface area contributed by atoms with Gasteiger partial charge in [0.05, 0.1) is 11.2 Å². The normalized spacial score (nSPS) is 23.8. The Morgan fingerprint density at radius 2 is 2.18 bits per heavy atom. The van der Waals surface area contributed by atoms with Gasteiger partial charge in [-0.1, -0.05) is 0 Å². The van der Waals surface area contributed by atoms with Gasteiger partial charge in [0.2, 0.25) is 0 Å². The molecule has 2 saturated heterocycles. The van der Waals surface area contributed by atoms with E-state index in [9.17, 15) is 0 Å². The van der Waals surface area contributed by atoms with Crippen LogP contribution in [0.1, 0.15) is 10.6 Å². The molecule has 0 radical (unpaired) electrons. The minimum absolute atomic E-state index is 0.797. The van der Waals surface area contributed by atoms with Gasteiger partial charge < -0.3 is 5.32 Å². The maximum Gasteiger partial charge on any atom is 0.0798 e. The molecular weight excluding hydrogens is 232 g/mol. The highest BCUT2D eigenvalue weighted by Gasteiger charge is 2.32. The zero-order valence-corrected chi connectivity index (χ0v) is 11.2. The standard InChI is InChI=1S/C12H20N4S/c1-10-12(17-9-14-10)8-15-6-11(7-15)16-4-2-13-3-5-16/h9,11,13H,2-8H2,1H3. The van der Waals surface area contributed by atoms with Gasteiger partial charge in [0, 0.05) is 56.7 Å². The van der Waals surface area contributed by atoms with Crippen molar-refractivity contribution in [3.8, 4) is 0 Å². The minimum Gasteiger partial charge on any atom is -0.314 e. The molecule has 94 valence electrons. The highest BCUT2D eigenvalue weighted by atomic mass is 32.1. The van der Waals surface area contributed by atoms with Crippen LogP contribution in [0.2, 0.25) is 0 Å². The molecule has 3 heterocycles. The van der Waals surface area contributed by atoms with Gasteiger partial charge in [-0.05, 0) is 6.92 Å². The molecule has 1 N–H and O–H groups in total. The van der Waals surface area contributed by atoms with E-state index in [0.29, 0.717) is 0 Å². The number of hydrogen-bond acceptors (Lipinski definition) is 5. The van der Waals surface area contributed by atoms with Crippen LogP contribution in [0, 0.1) is 6.92 Å². The molecular formula is C12H20N4S. The van der Waals surface area contributed by atoms with Crippen molar-refractivity contribution in [3.63, 3.8) is 0 Å². The van der Waals surface area contributed by atoms with Crippen LogP contribution in [-0.2, 0) is 6.54 Å². The molecule has 1 aromatic heterocycles. The Hall–Kier alpha value is -0.490. The van der Waals surface area contributed by atoms with Crippen LogP contribution in [0.5, 0.6) is 0 Å². The molecule has 0 bridgehead atoms. The van der Waals surface area contributed by atoms with E-state index in [1.165, 1.54) is 36.8 Å². The minimum atomic E-state index is 0.797. The molecule has 4 nitrogen and oxygen atoms in total. The lowest BCUT2D eigenvalue weighted by Gasteiger charge is -2.46. The average Bonchev–Trinajstić information content (AvgIpc) is 2.70. The Balaban J connectivity index is 1.46. The number of hydrogen-bond donors (Lipinski definition) is 1. The van der Waals surface area contributed by atoms with Crippen LogP contribution in [0.25, 0.3) is 0 Å². The third-order valence-corrected chi connectivity index (χ3v) is 4.74. The molecule has 0 saturated carbocycles. The van der Waals surface area contributed by atoms with Gasteiger partial charge in [-0.25, -0.2) is 4.98 Å². The first-order valence-corrected chi connectivity index (χ1v) is 7.27. The van der Waals surface area contributed by atoms with Gasteiger partial charge in [-0.3, -0.25) is 9.80 Å². The lowest BCUT2D eigenvalue weighted by atomic mass is 10.1. The van der Waals surface area contributed by atoms with Gasteiger partial charge in [-0.15, -0.1) is 11.3 Å². The maximum absolute atomic E-state index is 4.31. The molecule has 2 aliphatic heterocycles. The molecule has 0 amide bonds. The molecule has 0 aromatic carbocycles. The number of nitrogens with one attached hydrogen (secondary N) is 1. The van der Waals surface area contributed by atoms with Crippen LogP contribution in [-0.4, -0.2) is 60.1 Å². The quantitative estimate of drug-likeness (QED) is 0.851. The third-order valence-electron chi connectivity index (χ3n) is 3.82. The summed E-state index contributed by atoms with van der Waals surface area (Å²) in [5.41, 5.74) is 3.17. The molecule has 3 rings (SSSR count). The number of piperazine rings is 1. The van der Waals surface area contributed by atoms with Crippen molar-refractivity contribution in [1.29, 1.82) is 0 Å². The first kappa shape index (κ1) is 11.6. The Kier molecular flexibility index (Phi) is 3.42. The molecule has 2 aliphatic rings. The van der Waals surface area contributed by atoms with Gasteiger partial charge in [0.1, 0.15) is 0 Å². The lowest BCUT2D eigenvalue weighted by Crippen LogP contribution is -2.62. The van der Waals surface area contributed by atoms with Crippen molar-refractivity contribution < 1.29 is 0 Å². The average molecular weight is 252 g/mol. The summed E-state index contributed by atoms with van der Waals surface area (Å²) in [7, 11) is 0. The lowest BCUT2D eigenvalue weighted by molar-refractivity contribution is 0.0228. The predicted molar refractivity (Wildman–Crippen MR) is 70.4 cm³/mol. The molecule has 1 aromatic rings. The Labute approximate surface area is 107 Å². The summed E-state index contributed by atoms with van der Waals surface area (Å²) in [4.78, 5) is 10.9. The number of aryl methyl sites for hydroxylation is 1. The van der Waals surface area contributed by atoms with Crippen molar-refractivity contribution in [1.82, 2.24) is 20.1 Å². The van der Waals surface area contributed by atoms with Crippen molar-refractivity contribution >= 4 is 11.3 Å². The molecule has 0 spiro atoms. The number of likely N-dealkylation sites (tertiary alicyclic amines) is 1. The largest absolute Gasteiger partial charge is 0.314 e. The van der Waals surface area contributed by atoms with Gasteiger partial charge in [0.15, 0.2) is 0 Å². The van der Waals surface area contributed by atoms with E-state index in [4.69, 9.17) is 0 Å². The van der Waals surface area contributed by atoms with Crippen LogP contribution < -0.4 is 5.32 Å². The molecule has 5 heteroatoms. The van der Waals surface area contributed by atoms with E-state index >= 15 is 0 Å². The topological polar surface area (TPSA) is 31.4 Å². The smallest absolute Gasteiger partial charge is 0.0798 e. The third kappa shape index (κ3) is 2.52. The monoisotopic (exact) mass is 252 g/mol.